The topological polar surface area (TPSA) is 73.5 Å². The third kappa shape index (κ3) is 5.17. The molecule has 2 atom stereocenters. The molecule has 2 fully saturated rings. The summed E-state index contributed by atoms with van der Waals surface area (Å²) in [5.74, 6) is 0.175. The Morgan fingerprint density at radius 1 is 1.17 bits per heavy atom. The van der Waals surface area contributed by atoms with Crippen LogP contribution in [0.15, 0.2) is 41.8 Å². The molecule has 0 radical (unpaired) electrons. The van der Waals surface area contributed by atoms with Crippen molar-refractivity contribution < 1.29 is 9.59 Å². The van der Waals surface area contributed by atoms with Gasteiger partial charge in [0.15, 0.2) is 0 Å². The minimum absolute atomic E-state index is 0.0586. The Bertz CT molecular complexity index is 852. The minimum Gasteiger partial charge on any atom is -0.353 e. The fourth-order valence-corrected chi connectivity index (χ4v) is 4.88. The van der Waals surface area contributed by atoms with E-state index < -0.39 is 0 Å². The first-order valence-corrected chi connectivity index (χ1v) is 11.2. The molecule has 2 amide bonds. The number of piperidine rings is 1. The molecule has 0 bridgehead atoms. The molecule has 154 valence electrons. The first-order valence-electron chi connectivity index (χ1n) is 9.95. The lowest BCUT2D eigenvalue weighted by atomic mass is 10.00. The number of thiophene rings is 1. The molecule has 1 aromatic carbocycles. The molecular formula is C21H25ClN4O2S. The summed E-state index contributed by atoms with van der Waals surface area (Å²) in [5.41, 5.74) is 7.43. The van der Waals surface area contributed by atoms with Crippen LogP contribution >= 0.6 is 22.9 Å². The number of hydrogen-bond acceptors (Lipinski definition) is 5. The number of hydrogen-bond donors (Lipinski definition) is 3. The van der Waals surface area contributed by atoms with Crippen LogP contribution in [0, 0.1) is 0 Å². The second kappa shape index (κ2) is 9.26. The first-order chi connectivity index (χ1) is 14.1. The molecule has 4 rings (SSSR count). The molecule has 2 saturated heterocycles. The summed E-state index contributed by atoms with van der Waals surface area (Å²) in [4.78, 5) is 28.1. The summed E-state index contributed by atoms with van der Waals surface area (Å²) in [6.07, 6.45) is 2.70. The van der Waals surface area contributed by atoms with Crippen LogP contribution in [0.4, 0.5) is 0 Å². The number of hydrazine groups is 1. The predicted octanol–water partition coefficient (Wildman–Crippen LogP) is 2.66. The smallest absolute Gasteiger partial charge is 0.241 e. The second-order valence-corrected chi connectivity index (χ2v) is 9.08. The maximum atomic E-state index is 12.9. The highest BCUT2D eigenvalue weighted by molar-refractivity contribution is 7.10. The van der Waals surface area contributed by atoms with E-state index in [4.69, 9.17) is 11.6 Å². The predicted molar refractivity (Wildman–Crippen MR) is 115 cm³/mol. The van der Waals surface area contributed by atoms with E-state index in [9.17, 15) is 9.59 Å². The Morgan fingerprint density at radius 3 is 2.72 bits per heavy atom. The quantitative estimate of drug-likeness (QED) is 0.679. The van der Waals surface area contributed by atoms with Crippen LogP contribution in [0.2, 0.25) is 5.02 Å². The van der Waals surface area contributed by atoms with Crippen LogP contribution in [0.1, 0.15) is 35.7 Å². The molecule has 3 N–H and O–H groups in total. The molecule has 0 spiro atoms. The van der Waals surface area contributed by atoms with E-state index in [-0.39, 0.29) is 29.9 Å². The lowest BCUT2D eigenvalue weighted by Gasteiger charge is -2.33. The van der Waals surface area contributed by atoms with Crippen molar-refractivity contribution in [3.8, 4) is 0 Å². The Hall–Kier alpha value is -1.93. The van der Waals surface area contributed by atoms with Crippen molar-refractivity contribution in [1.29, 1.82) is 0 Å². The van der Waals surface area contributed by atoms with E-state index in [1.807, 2.05) is 46.7 Å². The number of nitrogens with one attached hydrogen (secondary N) is 3. The van der Waals surface area contributed by atoms with Gasteiger partial charge in [0.25, 0.3) is 0 Å². The number of likely N-dealkylation sites (tertiary alicyclic amines) is 1. The van der Waals surface area contributed by atoms with Crippen molar-refractivity contribution in [1.82, 2.24) is 21.1 Å². The van der Waals surface area contributed by atoms with Crippen molar-refractivity contribution in [2.45, 2.75) is 43.8 Å². The fourth-order valence-electron chi connectivity index (χ4n) is 3.97. The molecule has 2 aromatic rings. The molecule has 1 aromatic heterocycles. The molecule has 29 heavy (non-hydrogen) atoms. The lowest BCUT2D eigenvalue weighted by Crippen LogP contribution is -2.51. The fraction of sp³-hybridized carbons (Fsp3) is 0.429. The van der Waals surface area contributed by atoms with E-state index in [0.717, 1.165) is 23.3 Å². The number of amides is 2. The van der Waals surface area contributed by atoms with Crippen molar-refractivity contribution in [3.63, 3.8) is 0 Å². The summed E-state index contributed by atoms with van der Waals surface area (Å²) in [5, 5.41) is 5.79. The number of rotatable bonds is 5. The number of halogens is 1. The molecule has 2 aliphatic rings. The van der Waals surface area contributed by atoms with Crippen LogP contribution in [0.3, 0.4) is 0 Å². The van der Waals surface area contributed by atoms with Gasteiger partial charge in [-0.1, -0.05) is 29.8 Å². The summed E-state index contributed by atoms with van der Waals surface area (Å²) >= 11 is 7.68. The van der Waals surface area contributed by atoms with Gasteiger partial charge in [-0.3, -0.25) is 9.59 Å². The van der Waals surface area contributed by atoms with E-state index in [1.165, 1.54) is 0 Å². The third-order valence-corrected chi connectivity index (χ3v) is 6.65. The highest BCUT2D eigenvalue weighted by atomic mass is 35.5. The Labute approximate surface area is 179 Å². The number of carbonyl (C=O) groups excluding carboxylic acids is 2. The monoisotopic (exact) mass is 432 g/mol. The zero-order valence-corrected chi connectivity index (χ0v) is 17.6. The van der Waals surface area contributed by atoms with Gasteiger partial charge in [-0.05, 0) is 48.4 Å². The van der Waals surface area contributed by atoms with Crippen LogP contribution < -0.4 is 16.2 Å². The van der Waals surface area contributed by atoms with E-state index in [1.54, 1.807) is 11.3 Å². The van der Waals surface area contributed by atoms with E-state index >= 15 is 0 Å². The maximum absolute atomic E-state index is 12.9. The molecule has 2 unspecified atom stereocenters. The normalized spacial score (nSPS) is 22.6. The molecule has 0 aliphatic carbocycles. The zero-order valence-electron chi connectivity index (χ0n) is 16.1. The van der Waals surface area contributed by atoms with E-state index in [0.29, 0.717) is 31.0 Å². The molecular weight excluding hydrogens is 408 g/mol. The SMILES string of the molecule is O=C(Cc1cccs1)NC1CCN(C(=O)C2CC(c3cccc(Cl)c3)NN2)CC1. The molecule has 3 heterocycles. The van der Waals surface area contributed by atoms with Gasteiger partial charge in [-0.2, -0.15) is 0 Å². The van der Waals surface area contributed by atoms with Crippen LogP contribution in [0.25, 0.3) is 0 Å². The summed E-state index contributed by atoms with van der Waals surface area (Å²) in [7, 11) is 0. The maximum Gasteiger partial charge on any atom is 0.241 e. The Balaban J connectivity index is 1.23. The average molecular weight is 433 g/mol. The van der Waals surface area contributed by atoms with Crippen molar-refractivity contribution in [2.75, 3.05) is 13.1 Å². The summed E-state index contributed by atoms with van der Waals surface area (Å²) < 4.78 is 0. The van der Waals surface area contributed by atoms with Gasteiger partial charge < -0.3 is 10.2 Å². The number of benzene rings is 1. The van der Waals surface area contributed by atoms with Gasteiger partial charge in [0.2, 0.25) is 11.8 Å². The summed E-state index contributed by atoms with van der Waals surface area (Å²) in [6, 6.07) is 11.6. The molecule has 0 saturated carbocycles. The van der Waals surface area contributed by atoms with Crippen LogP contribution in [-0.2, 0) is 16.0 Å². The van der Waals surface area contributed by atoms with Crippen LogP contribution in [-0.4, -0.2) is 41.9 Å². The highest BCUT2D eigenvalue weighted by Gasteiger charge is 2.34. The standard InChI is InChI=1S/C21H25ClN4O2S/c22-15-4-1-3-14(11-15)18-13-19(25-24-18)21(28)26-8-6-16(7-9-26)23-20(27)12-17-5-2-10-29-17/h1-5,10-11,16,18-19,24-25H,6-9,12-13H2,(H,23,27). The average Bonchev–Trinajstić information content (AvgIpc) is 3.40. The van der Waals surface area contributed by atoms with Gasteiger partial charge in [-0.25, -0.2) is 10.9 Å². The van der Waals surface area contributed by atoms with Crippen molar-refractivity contribution in [3.05, 3.63) is 57.2 Å². The number of nitrogens with zero attached hydrogens (tertiary/aromatic N) is 1. The third-order valence-electron chi connectivity index (χ3n) is 5.54. The van der Waals surface area contributed by atoms with Gasteiger partial charge >= 0.3 is 0 Å². The van der Waals surface area contributed by atoms with E-state index in [2.05, 4.69) is 16.2 Å². The Kier molecular flexibility index (Phi) is 6.50. The van der Waals surface area contributed by atoms with Crippen LogP contribution in [0.5, 0.6) is 0 Å². The molecule has 6 nitrogen and oxygen atoms in total. The largest absolute Gasteiger partial charge is 0.353 e. The van der Waals surface area contributed by atoms with Gasteiger partial charge in [0.05, 0.1) is 6.42 Å². The highest BCUT2D eigenvalue weighted by Crippen LogP contribution is 2.26. The van der Waals surface area contributed by atoms with Crippen molar-refractivity contribution in [2.24, 2.45) is 0 Å². The molecule has 8 heteroatoms. The number of carbonyl (C=O) groups is 2. The first kappa shape index (κ1) is 20.3. The van der Waals surface area contributed by atoms with Gasteiger partial charge in [0.1, 0.15) is 6.04 Å². The van der Waals surface area contributed by atoms with Crippen molar-refractivity contribution >= 4 is 34.8 Å². The van der Waals surface area contributed by atoms with Gasteiger partial charge in [-0.15, -0.1) is 11.3 Å². The molecule has 2 aliphatic heterocycles. The minimum atomic E-state index is -0.246. The summed E-state index contributed by atoms with van der Waals surface area (Å²) in [6.45, 7) is 1.34. The zero-order chi connectivity index (χ0) is 20.2. The van der Waals surface area contributed by atoms with Gasteiger partial charge in [0, 0.05) is 35.1 Å². The lowest BCUT2D eigenvalue weighted by molar-refractivity contribution is -0.134. The Morgan fingerprint density at radius 2 is 2.00 bits per heavy atom. The second-order valence-electron chi connectivity index (χ2n) is 7.61.